The minimum absolute atomic E-state index is 0.119. The predicted octanol–water partition coefficient (Wildman–Crippen LogP) is 1.88. The zero-order valence-corrected chi connectivity index (χ0v) is 11.5. The summed E-state index contributed by atoms with van der Waals surface area (Å²) in [6.07, 6.45) is 3.04. The van der Waals surface area contributed by atoms with E-state index >= 15 is 0 Å². The van der Waals surface area contributed by atoms with E-state index in [1.54, 1.807) is 0 Å². The number of nitrogens with zero attached hydrogens (tertiary/aromatic N) is 1. The molecule has 0 spiro atoms. The number of benzene rings is 1. The molecule has 1 aromatic rings. The van der Waals surface area contributed by atoms with Crippen LogP contribution in [0.15, 0.2) is 30.3 Å². The Labute approximate surface area is 119 Å². The molecule has 1 aromatic carbocycles. The van der Waals surface area contributed by atoms with Crippen LogP contribution in [0.4, 0.5) is 0 Å². The van der Waals surface area contributed by atoms with E-state index in [1.807, 2.05) is 30.3 Å². The Bertz CT molecular complexity index is 476. The SMILES string of the molecule is O=C(O)[C@@H]1C[C@@H]2[C@@H](CCC[C@@H]2O)N1Cc1ccccc1. The Morgan fingerprint density at radius 1 is 1.25 bits per heavy atom. The molecule has 1 aliphatic carbocycles. The second-order valence-corrected chi connectivity index (χ2v) is 5.98. The fourth-order valence-corrected chi connectivity index (χ4v) is 3.84. The maximum absolute atomic E-state index is 11.5. The van der Waals surface area contributed by atoms with E-state index in [0.717, 1.165) is 24.8 Å². The number of hydrogen-bond donors (Lipinski definition) is 2. The van der Waals surface area contributed by atoms with Crippen LogP contribution in [-0.2, 0) is 11.3 Å². The third-order valence-electron chi connectivity index (χ3n) is 4.80. The lowest BCUT2D eigenvalue weighted by molar-refractivity contribution is -0.142. The number of likely N-dealkylation sites (tertiary alicyclic amines) is 1. The number of carboxylic acids is 1. The van der Waals surface area contributed by atoms with Gasteiger partial charge in [0.25, 0.3) is 0 Å². The summed E-state index contributed by atoms with van der Waals surface area (Å²) in [6.45, 7) is 0.658. The second kappa shape index (κ2) is 5.54. The molecule has 1 heterocycles. The van der Waals surface area contributed by atoms with Gasteiger partial charge in [-0.2, -0.15) is 0 Å². The molecule has 0 amide bonds. The van der Waals surface area contributed by atoms with Gasteiger partial charge in [-0.1, -0.05) is 30.3 Å². The maximum atomic E-state index is 11.5. The average Bonchev–Trinajstić information content (AvgIpc) is 2.81. The molecule has 1 saturated heterocycles. The van der Waals surface area contributed by atoms with Gasteiger partial charge in [-0.15, -0.1) is 0 Å². The molecule has 2 fully saturated rings. The highest BCUT2D eigenvalue weighted by Gasteiger charge is 2.48. The predicted molar refractivity (Wildman–Crippen MR) is 75.2 cm³/mol. The average molecular weight is 275 g/mol. The fourth-order valence-electron chi connectivity index (χ4n) is 3.84. The molecule has 2 aliphatic rings. The van der Waals surface area contributed by atoms with Crippen LogP contribution in [0.2, 0.25) is 0 Å². The molecular formula is C16H21NO3. The Morgan fingerprint density at radius 2 is 2.00 bits per heavy atom. The standard InChI is InChI=1S/C16H21NO3/c18-15-8-4-7-13-12(15)9-14(16(19)20)17(13)10-11-5-2-1-3-6-11/h1-3,5-6,12-15,18H,4,7-10H2,(H,19,20)/t12-,13-,14+,15+/m1/s1. The first-order valence-corrected chi connectivity index (χ1v) is 7.37. The number of carboxylic acid groups (broad SMARTS) is 1. The van der Waals surface area contributed by atoms with E-state index in [2.05, 4.69) is 4.90 Å². The van der Waals surface area contributed by atoms with E-state index in [9.17, 15) is 15.0 Å². The second-order valence-electron chi connectivity index (χ2n) is 5.98. The Hall–Kier alpha value is -1.39. The van der Waals surface area contributed by atoms with Crippen LogP contribution in [-0.4, -0.2) is 39.3 Å². The van der Waals surface area contributed by atoms with E-state index in [4.69, 9.17) is 0 Å². The van der Waals surface area contributed by atoms with Crippen LogP contribution in [0.25, 0.3) is 0 Å². The molecule has 1 aliphatic heterocycles. The van der Waals surface area contributed by atoms with E-state index in [1.165, 1.54) is 0 Å². The Balaban J connectivity index is 1.83. The zero-order chi connectivity index (χ0) is 14.1. The van der Waals surface area contributed by atoms with Gasteiger partial charge in [-0.25, -0.2) is 0 Å². The van der Waals surface area contributed by atoms with Crippen molar-refractivity contribution >= 4 is 5.97 Å². The summed E-state index contributed by atoms with van der Waals surface area (Å²) in [7, 11) is 0. The van der Waals surface area contributed by atoms with Gasteiger partial charge in [0.15, 0.2) is 0 Å². The number of aliphatic hydroxyl groups is 1. The van der Waals surface area contributed by atoms with Crippen molar-refractivity contribution in [2.75, 3.05) is 0 Å². The first-order chi connectivity index (χ1) is 9.66. The Kier molecular flexibility index (Phi) is 3.76. The van der Waals surface area contributed by atoms with Gasteiger partial charge in [-0.3, -0.25) is 9.69 Å². The highest BCUT2D eigenvalue weighted by Crippen LogP contribution is 2.40. The molecule has 4 atom stereocenters. The summed E-state index contributed by atoms with van der Waals surface area (Å²) in [5.41, 5.74) is 1.14. The van der Waals surface area contributed by atoms with Crippen molar-refractivity contribution in [2.45, 2.75) is 50.4 Å². The highest BCUT2D eigenvalue weighted by atomic mass is 16.4. The van der Waals surface area contributed by atoms with Gasteiger partial charge in [0.05, 0.1) is 6.10 Å². The summed E-state index contributed by atoms with van der Waals surface area (Å²) in [4.78, 5) is 13.6. The molecule has 2 N–H and O–H groups in total. The molecule has 4 heteroatoms. The largest absolute Gasteiger partial charge is 0.480 e. The number of aliphatic carboxylic acids is 1. The van der Waals surface area contributed by atoms with Crippen LogP contribution in [0.5, 0.6) is 0 Å². The molecule has 108 valence electrons. The number of carbonyl (C=O) groups is 1. The number of aliphatic hydroxyl groups excluding tert-OH is 1. The molecule has 0 bridgehead atoms. The van der Waals surface area contributed by atoms with Crippen molar-refractivity contribution in [3.8, 4) is 0 Å². The van der Waals surface area contributed by atoms with Gasteiger partial charge in [0.1, 0.15) is 6.04 Å². The number of rotatable bonds is 3. The molecule has 0 aromatic heterocycles. The summed E-state index contributed by atoms with van der Waals surface area (Å²) >= 11 is 0. The van der Waals surface area contributed by atoms with Crippen LogP contribution in [0, 0.1) is 5.92 Å². The van der Waals surface area contributed by atoms with Crippen LogP contribution in [0.1, 0.15) is 31.2 Å². The molecule has 20 heavy (non-hydrogen) atoms. The molecule has 0 radical (unpaired) electrons. The molecule has 1 saturated carbocycles. The molecule has 3 rings (SSSR count). The summed E-state index contributed by atoms with van der Waals surface area (Å²) < 4.78 is 0. The van der Waals surface area contributed by atoms with Gasteiger partial charge in [0, 0.05) is 18.5 Å². The quantitative estimate of drug-likeness (QED) is 0.884. The number of fused-ring (bicyclic) bond motifs is 1. The van der Waals surface area contributed by atoms with E-state index < -0.39 is 12.0 Å². The van der Waals surface area contributed by atoms with Crippen molar-refractivity contribution in [1.29, 1.82) is 0 Å². The number of hydrogen-bond acceptors (Lipinski definition) is 3. The molecule has 0 unspecified atom stereocenters. The van der Waals surface area contributed by atoms with Gasteiger partial charge in [0.2, 0.25) is 0 Å². The smallest absolute Gasteiger partial charge is 0.320 e. The Morgan fingerprint density at radius 3 is 2.70 bits per heavy atom. The summed E-state index contributed by atoms with van der Waals surface area (Å²) in [5.74, 6) is -0.643. The van der Waals surface area contributed by atoms with E-state index in [0.29, 0.717) is 13.0 Å². The normalized spacial score (nSPS) is 33.9. The van der Waals surface area contributed by atoms with Gasteiger partial charge in [-0.05, 0) is 31.2 Å². The first kappa shape index (κ1) is 13.6. The van der Waals surface area contributed by atoms with Crippen molar-refractivity contribution in [2.24, 2.45) is 5.92 Å². The first-order valence-electron chi connectivity index (χ1n) is 7.37. The lowest BCUT2D eigenvalue weighted by Crippen LogP contribution is -2.43. The fraction of sp³-hybridized carbons (Fsp3) is 0.562. The van der Waals surface area contributed by atoms with Crippen molar-refractivity contribution in [3.63, 3.8) is 0 Å². The van der Waals surface area contributed by atoms with Crippen LogP contribution < -0.4 is 0 Å². The summed E-state index contributed by atoms with van der Waals surface area (Å²) in [5, 5.41) is 19.6. The topological polar surface area (TPSA) is 60.8 Å². The van der Waals surface area contributed by atoms with Crippen molar-refractivity contribution < 1.29 is 15.0 Å². The van der Waals surface area contributed by atoms with Gasteiger partial charge < -0.3 is 10.2 Å². The molecular weight excluding hydrogens is 254 g/mol. The van der Waals surface area contributed by atoms with Crippen molar-refractivity contribution in [3.05, 3.63) is 35.9 Å². The van der Waals surface area contributed by atoms with Crippen LogP contribution in [0.3, 0.4) is 0 Å². The zero-order valence-electron chi connectivity index (χ0n) is 11.5. The van der Waals surface area contributed by atoms with E-state index in [-0.39, 0.29) is 18.1 Å². The molecule has 4 nitrogen and oxygen atoms in total. The summed E-state index contributed by atoms with van der Waals surface area (Å²) in [6, 6.07) is 9.74. The minimum atomic E-state index is -0.762. The highest BCUT2D eigenvalue weighted by molar-refractivity contribution is 5.74. The van der Waals surface area contributed by atoms with Gasteiger partial charge >= 0.3 is 5.97 Å². The maximum Gasteiger partial charge on any atom is 0.320 e. The monoisotopic (exact) mass is 275 g/mol. The minimum Gasteiger partial charge on any atom is -0.480 e. The van der Waals surface area contributed by atoms with Crippen molar-refractivity contribution in [1.82, 2.24) is 4.90 Å². The third-order valence-corrected chi connectivity index (χ3v) is 4.80. The third kappa shape index (κ3) is 2.45. The van der Waals surface area contributed by atoms with Crippen LogP contribution >= 0.6 is 0 Å². The lowest BCUT2D eigenvalue weighted by atomic mass is 9.82. The lowest BCUT2D eigenvalue weighted by Gasteiger charge is -2.35.